The molecule has 0 radical (unpaired) electrons. The first-order valence-corrected chi connectivity index (χ1v) is 8.30. The molecule has 1 unspecified atom stereocenters. The van der Waals surface area contributed by atoms with E-state index in [2.05, 4.69) is 50.7 Å². The highest BCUT2D eigenvalue weighted by Gasteiger charge is 2.24. The van der Waals surface area contributed by atoms with Crippen molar-refractivity contribution in [3.63, 3.8) is 0 Å². The second-order valence-corrected chi connectivity index (χ2v) is 6.47. The number of H-pyrrole nitrogens is 1. The molecule has 3 aromatic rings. The Morgan fingerprint density at radius 1 is 1.22 bits per heavy atom. The third-order valence-electron chi connectivity index (χ3n) is 4.48. The molecule has 2 aromatic carbocycles. The second-order valence-electron chi connectivity index (χ2n) is 6.04. The van der Waals surface area contributed by atoms with Crippen LogP contribution in [0.5, 0.6) is 0 Å². The van der Waals surface area contributed by atoms with Gasteiger partial charge in [-0.3, -0.25) is 10.00 Å². The molecule has 0 spiro atoms. The predicted octanol–water partition coefficient (Wildman–Crippen LogP) is 3.36. The fourth-order valence-electron chi connectivity index (χ4n) is 3.30. The highest BCUT2D eigenvalue weighted by molar-refractivity contribution is 6.30. The molecule has 118 valence electrons. The van der Waals surface area contributed by atoms with Crippen molar-refractivity contribution in [2.75, 3.05) is 19.6 Å². The highest BCUT2D eigenvalue weighted by Crippen LogP contribution is 2.26. The van der Waals surface area contributed by atoms with Gasteiger partial charge in [0.1, 0.15) is 0 Å². The van der Waals surface area contributed by atoms with E-state index in [0.717, 1.165) is 42.1 Å². The van der Waals surface area contributed by atoms with Gasteiger partial charge in [0.2, 0.25) is 0 Å². The minimum absolute atomic E-state index is 0.347. The molecule has 5 heteroatoms. The zero-order chi connectivity index (χ0) is 15.6. The average molecular weight is 327 g/mol. The largest absolute Gasteiger partial charge is 0.314 e. The Morgan fingerprint density at radius 2 is 2.17 bits per heavy atom. The number of piperazine rings is 1. The topological polar surface area (TPSA) is 44.0 Å². The van der Waals surface area contributed by atoms with Crippen LogP contribution in [0, 0.1) is 0 Å². The Bertz CT molecular complexity index is 813. The van der Waals surface area contributed by atoms with E-state index in [4.69, 9.17) is 11.6 Å². The van der Waals surface area contributed by atoms with Gasteiger partial charge in [0, 0.05) is 42.6 Å². The van der Waals surface area contributed by atoms with Crippen LogP contribution < -0.4 is 5.32 Å². The number of halogens is 1. The molecule has 2 N–H and O–H groups in total. The fourth-order valence-corrected chi connectivity index (χ4v) is 3.49. The van der Waals surface area contributed by atoms with Gasteiger partial charge < -0.3 is 5.32 Å². The summed E-state index contributed by atoms with van der Waals surface area (Å²) in [5.74, 6) is 0. The van der Waals surface area contributed by atoms with Gasteiger partial charge in [-0.1, -0.05) is 35.9 Å². The molecule has 1 aliphatic heterocycles. The molecule has 23 heavy (non-hydrogen) atoms. The Labute approximate surface area is 140 Å². The van der Waals surface area contributed by atoms with Gasteiger partial charge in [-0.15, -0.1) is 0 Å². The van der Waals surface area contributed by atoms with Gasteiger partial charge in [-0.05, 0) is 29.3 Å². The van der Waals surface area contributed by atoms with Gasteiger partial charge >= 0.3 is 0 Å². The SMILES string of the molecule is Clc1cccc(C2CNCCN2Cc2ccc3cn[nH]c3c2)c1. The lowest BCUT2D eigenvalue weighted by molar-refractivity contribution is 0.154. The van der Waals surface area contributed by atoms with Crippen molar-refractivity contribution in [2.45, 2.75) is 12.6 Å². The van der Waals surface area contributed by atoms with Gasteiger partial charge in [-0.25, -0.2) is 0 Å². The molecule has 0 aliphatic carbocycles. The van der Waals surface area contributed by atoms with Crippen molar-refractivity contribution in [3.05, 3.63) is 64.8 Å². The molecule has 0 amide bonds. The summed E-state index contributed by atoms with van der Waals surface area (Å²) in [6.45, 7) is 3.92. The quantitative estimate of drug-likeness (QED) is 0.775. The number of rotatable bonds is 3. The lowest BCUT2D eigenvalue weighted by atomic mass is 10.0. The van der Waals surface area contributed by atoms with Crippen molar-refractivity contribution in [1.82, 2.24) is 20.4 Å². The Hall–Kier alpha value is -1.88. The summed E-state index contributed by atoms with van der Waals surface area (Å²) in [6, 6.07) is 15.1. The van der Waals surface area contributed by atoms with E-state index in [0.29, 0.717) is 6.04 Å². The molecule has 0 saturated carbocycles. The summed E-state index contributed by atoms with van der Waals surface area (Å²) < 4.78 is 0. The number of fused-ring (bicyclic) bond motifs is 1. The van der Waals surface area contributed by atoms with E-state index in [-0.39, 0.29) is 0 Å². The molecule has 1 fully saturated rings. The van der Waals surface area contributed by atoms with Gasteiger partial charge in [0.05, 0.1) is 11.7 Å². The first-order chi connectivity index (χ1) is 11.3. The third-order valence-corrected chi connectivity index (χ3v) is 4.71. The fraction of sp³-hybridized carbons (Fsp3) is 0.278. The maximum atomic E-state index is 6.17. The smallest absolute Gasteiger partial charge is 0.0653 e. The van der Waals surface area contributed by atoms with Crippen molar-refractivity contribution in [2.24, 2.45) is 0 Å². The van der Waals surface area contributed by atoms with Gasteiger partial charge in [0.15, 0.2) is 0 Å². The van der Waals surface area contributed by atoms with E-state index in [1.165, 1.54) is 11.1 Å². The number of hydrogen-bond donors (Lipinski definition) is 2. The first-order valence-electron chi connectivity index (χ1n) is 7.92. The van der Waals surface area contributed by atoms with Crippen molar-refractivity contribution in [1.29, 1.82) is 0 Å². The number of hydrogen-bond acceptors (Lipinski definition) is 3. The van der Waals surface area contributed by atoms with Crippen LogP contribution in [-0.4, -0.2) is 34.7 Å². The average Bonchev–Trinajstić information content (AvgIpc) is 3.03. The van der Waals surface area contributed by atoms with Crippen LogP contribution in [0.1, 0.15) is 17.2 Å². The molecule has 1 aliphatic rings. The molecule has 1 aromatic heterocycles. The standard InChI is InChI=1S/C18H19ClN4/c19-16-3-1-2-14(9-16)18-11-20-6-7-23(18)12-13-4-5-15-10-21-22-17(15)8-13/h1-5,8-10,18,20H,6-7,11-12H2,(H,21,22). The minimum Gasteiger partial charge on any atom is -0.314 e. The van der Waals surface area contributed by atoms with Crippen LogP contribution in [0.15, 0.2) is 48.7 Å². The first kappa shape index (κ1) is 14.7. The number of aromatic amines is 1. The monoisotopic (exact) mass is 326 g/mol. The zero-order valence-electron chi connectivity index (χ0n) is 12.8. The summed E-state index contributed by atoms with van der Waals surface area (Å²) >= 11 is 6.17. The Balaban J connectivity index is 1.59. The highest BCUT2D eigenvalue weighted by atomic mass is 35.5. The molecule has 1 atom stereocenters. The number of benzene rings is 2. The molecular weight excluding hydrogens is 308 g/mol. The van der Waals surface area contributed by atoms with Crippen LogP contribution in [0.4, 0.5) is 0 Å². The number of nitrogens with one attached hydrogen (secondary N) is 2. The van der Waals surface area contributed by atoms with Crippen molar-refractivity contribution < 1.29 is 0 Å². The molecule has 4 rings (SSSR count). The molecule has 2 heterocycles. The normalized spacial score (nSPS) is 19.3. The van der Waals surface area contributed by atoms with Crippen LogP contribution >= 0.6 is 11.6 Å². The lowest BCUT2D eigenvalue weighted by Gasteiger charge is -2.36. The molecule has 4 nitrogen and oxygen atoms in total. The summed E-state index contributed by atoms with van der Waals surface area (Å²) in [5.41, 5.74) is 3.67. The third kappa shape index (κ3) is 3.11. The summed E-state index contributed by atoms with van der Waals surface area (Å²) in [6.07, 6.45) is 1.86. The molecule has 0 bridgehead atoms. The summed E-state index contributed by atoms with van der Waals surface area (Å²) in [5, 5.41) is 12.6. The van der Waals surface area contributed by atoms with Crippen LogP contribution in [-0.2, 0) is 6.54 Å². The maximum absolute atomic E-state index is 6.17. The van der Waals surface area contributed by atoms with E-state index < -0.39 is 0 Å². The Kier molecular flexibility index (Phi) is 4.04. The maximum Gasteiger partial charge on any atom is 0.0653 e. The predicted molar refractivity (Wildman–Crippen MR) is 93.6 cm³/mol. The van der Waals surface area contributed by atoms with E-state index in [1.54, 1.807) is 0 Å². The summed E-state index contributed by atoms with van der Waals surface area (Å²) in [4.78, 5) is 2.51. The van der Waals surface area contributed by atoms with Crippen LogP contribution in [0.2, 0.25) is 5.02 Å². The van der Waals surface area contributed by atoms with E-state index >= 15 is 0 Å². The van der Waals surface area contributed by atoms with E-state index in [1.807, 2.05) is 18.3 Å². The van der Waals surface area contributed by atoms with Gasteiger partial charge in [0.25, 0.3) is 0 Å². The second kappa shape index (κ2) is 6.32. The van der Waals surface area contributed by atoms with Gasteiger partial charge in [-0.2, -0.15) is 5.10 Å². The lowest BCUT2D eigenvalue weighted by Crippen LogP contribution is -2.45. The zero-order valence-corrected chi connectivity index (χ0v) is 13.6. The van der Waals surface area contributed by atoms with Crippen molar-refractivity contribution in [3.8, 4) is 0 Å². The number of aromatic nitrogens is 2. The molecular formula is C18H19ClN4. The van der Waals surface area contributed by atoms with Crippen LogP contribution in [0.25, 0.3) is 10.9 Å². The number of nitrogens with zero attached hydrogens (tertiary/aromatic N) is 2. The van der Waals surface area contributed by atoms with Crippen molar-refractivity contribution >= 4 is 22.5 Å². The minimum atomic E-state index is 0.347. The summed E-state index contributed by atoms with van der Waals surface area (Å²) in [7, 11) is 0. The van der Waals surface area contributed by atoms with Crippen LogP contribution in [0.3, 0.4) is 0 Å². The van der Waals surface area contributed by atoms with E-state index in [9.17, 15) is 0 Å². The molecule has 1 saturated heterocycles. The Morgan fingerprint density at radius 3 is 3.09 bits per heavy atom.